The first-order valence-corrected chi connectivity index (χ1v) is 10.8. The lowest BCUT2D eigenvalue weighted by atomic mass is 10.2. The quantitative estimate of drug-likeness (QED) is 0.443. The van der Waals surface area contributed by atoms with Crippen LogP contribution in [0.2, 0.25) is 5.02 Å². The molecule has 1 heterocycles. The topological polar surface area (TPSA) is 126 Å². The minimum atomic E-state index is -3.85. The number of carbonyl (C=O) groups is 1. The number of benzene rings is 2. The minimum absolute atomic E-state index is 0.0340. The van der Waals surface area contributed by atoms with Crippen molar-refractivity contribution in [3.8, 4) is 0 Å². The zero-order chi connectivity index (χ0) is 21.6. The highest BCUT2D eigenvalue weighted by molar-refractivity contribution is 7.92. The molecule has 10 heteroatoms. The summed E-state index contributed by atoms with van der Waals surface area (Å²) in [6.45, 7) is 0.410. The SMILES string of the molecule is NCc1c(Cl)cccc1NS(=O)(=O)c1ccc(NC(=O)NCc2cccnc2)cc1. The third kappa shape index (κ3) is 5.47. The molecule has 0 aliphatic carbocycles. The molecule has 5 N–H and O–H groups in total. The van der Waals surface area contributed by atoms with Crippen LogP contribution in [0.5, 0.6) is 0 Å². The predicted molar refractivity (Wildman–Crippen MR) is 117 cm³/mol. The summed E-state index contributed by atoms with van der Waals surface area (Å²) in [5.74, 6) is 0. The number of sulfonamides is 1. The van der Waals surface area contributed by atoms with Gasteiger partial charge in [0.25, 0.3) is 10.0 Å². The molecule has 2 amide bonds. The fourth-order valence-corrected chi connectivity index (χ4v) is 3.99. The maximum absolute atomic E-state index is 12.7. The fourth-order valence-electron chi connectivity index (χ4n) is 2.64. The number of hydrogen-bond acceptors (Lipinski definition) is 5. The Hall–Kier alpha value is -3.14. The van der Waals surface area contributed by atoms with Crippen LogP contribution in [-0.2, 0) is 23.1 Å². The summed E-state index contributed by atoms with van der Waals surface area (Å²) in [4.78, 5) is 16.0. The molecule has 0 fully saturated rings. The number of nitrogens with one attached hydrogen (secondary N) is 3. The summed E-state index contributed by atoms with van der Waals surface area (Å²) < 4.78 is 27.8. The number of rotatable bonds is 7. The van der Waals surface area contributed by atoms with Gasteiger partial charge in [0.05, 0.1) is 10.6 Å². The van der Waals surface area contributed by atoms with Crippen molar-refractivity contribution in [1.82, 2.24) is 10.3 Å². The highest BCUT2D eigenvalue weighted by Crippen LogP contribution is 2.26. The van der Waals surface area contributed by atoms with Gasteiger partial charge in [0.2, 0.25) is 0 Å². The molecule has 3 rings (SSSR count). The molecule has 0 atom stereocenters. The van der Waals surface area contributed by atoms with Crippen LogP contribution >= 0.6 is 11.6 Å². The first-order chi connectivity index (χ1) is 14.4. The molecule has 0 spiro atoms. The minimum Gasteiger partial charge on any atom is -0.334 e. The largest absolute Gasteiger partial charge is 0.334 e. The summed E-state index contributed by atoms with van der Waals surface area (Å²) >= 11 is 6.07. The third-order valence-corrected chi connectivity index (χ3v) is 5.90. The number of aromatic nitrogens is 1. The Labute approximate surface area is 179 Å². The molecule has 0 bridgehead atoms. The lowest BCUT2D eigenvalue weighted by Gasteiger charge is -2.13. The van der Waals surface area contributed by atoms with Gasteiger partial charge >= 0.3 is 6.03 Å². The summed E-state index contributed by atoms with van der Waals surface area (Å²) in [6, 6.07) is 13.9. The monoisotopic (exact) mass is 445 g/mol. The average Bonchev–Trinajstić information content (AvgIpc) is 2.73. The Kier molecular flexibility index (Phi) is 6.88. The smallest absolute Gasteiger partial charge is 0.319 e. The highest BCUT2D eigenvalue weighted by atomic mass is 35.5. The standard InChI is InChI=1S/C20H20ClN5O3S/c21-18-4-1-5-19(17(18)11-22)26-30(28,29)16-8-6-15(7-9-16)25-20(27)24-13-14-3-2-10-23-12-14/h1-10,12,26H,11,13,22H2,(H2,24,25,27). The Bertz CT molecular complexity index is 1120. The van der Waals surface area contributed by atoms with E-state index >= 15 is 0 Å². The fraction of sp³-hybridized carbons (Fsp3) is 0.100. The van der Waals surface area contributed by atoms with Crippen LogP contribution < -0.4 is 21.1 Å². The Morgan fingerprint density at radius 3 is 2.50 bits per heavy atom. The molecule has 156 valence electrons. The van der Waals surface area contributed by atoms with E-state index in [1.165, 1.54) is 24.3 Å². The van der Waals surface area contributed by atoms with E-state index in [1.54, 1.807) is 36.7 Å². The van der Waals surface area contributed by atoms with E-state index in [4.69, 9.17) is 17.3 Å². The number of amides is 2. The van der Waals surface area contributed by atoms with Gasteiger partial charge in [-0.05, 0) is 48.0 Å². The molecule has 0 saturated heterocycles. The Morgan fingerprint density at radius 2 is 1.83 bits per heavy atom. The van der Waals surface area contributed by atoms with Crippen LogP contribution in [0, 0.1) is 0 Å². The van der Waals surface area contributed by atoms with E-state index in [0.717, 1.165) is 5.56 Å². The van der Waals surface area contributed by atoms with Crippen LogP contribution in [0.25, 0.3) is 0 Å². The van der Waals surface area contributed by atoms with Crippen LogP contribution in [0.4, 0.5) is 16.2 Å². The summed E-state index contributed by atoms with van der Waals surface area (Å²) in [6.07, 6.45) is 3.31. The van der Waals surface area contributed by atoms with E-state index in [-0.39, 0.29) is 11.4 Å². The van der Waals surface area contributed by atoms with Gasteiger partial charge in [-0.3, -0.25) is 9.71 Å². The molecule has 0 aliphatic heterocycles. The second kappa shape index (κ2) is 9.57. The van der Waals surface area contributed by atoms with Crippen LogP contribution in [0.3, 0.4) is 0 Å². The summed E-state index contributed by atoms with van der Waals surface area (Å²) in [7, 11) is -3.85. The zero-order valence-electron chi connectivity index (χ0n) is 15.8. The number of hydrogen-bond donors (Lipinski definition) is 4. The molecule has 3 aromatic rings. The number of nitrogens with zero attached hydrogens (tertiary/aromatic N) is 1. The van der Waals surface area contributed by atoms with Crippen LogP contribution in [-0.4, -0.2) is 19.4 Å². The van der Waals surface area contributed by atoms with Crippen molar-refractivity contribution in [3.05, 3.63) is 83.1 Å². The molecule has 0 radical (unpaired) electrons. The first-order valence-electron chi connectivity index (χ1n) is 8.93. The molecule has 0 saturated carbocycles. The van der Waals surface area contributed by atoms with E-state index < -0.39 is 16.1 Å². The first kappa shape index (κ1) is 21.6. The van der Waals surface area contributed by atoms with Gasteiger partial charge in [-0.1, -0.05) is 23.7 Å². The van der Waals surface area contributed by atoms with E-state index in [1.807, 2.05) is 6.07 Å². The van der Waals surface area contributed by atoms with Crippen molar-refractivity contribution in [2.45, 2.75) is 18.0 Å². The molecule has 0 aliphatic rings. The van der Waals surface area contributed by atoms with Crippen LogP contribution in [0.1, 0.15) is 11.1 Å². The van der Waals surface area contributed by atoms with Gasteiger partial charge in [-0.2, -0.15) is 0 Å². The summed E-state index contributed by atoms with van der Waals surface area (Å²) in [5, 5.41) is 5.73. The molecular formula is C20H20ClN5O3S. The maximum Gasteiger partial charge on any atom is 0.319 e. The van der Waals surface area contributed by atoms with Crippen LogP contribution in [0.15, 0.2) is 71.9 Å². The lowest BCUT2D eigenvalue weighted by Crippen LogP contribution is -2.28. The number of pyridine rings is 1. The number of nitrogens with two attached hydrogens (primary N) is 1. The van der Waals surface area contributed by atoms with Crippen molar-refractivity contribution in [3.63, 3.8) is 0 Å². The third-order valence-electron chi connectivity index (χ3n) is 4.17. The van der Waals surface area contributed by atoms with Gasteiger partial charge in [0.1, 0.15) is 0 Å². The molecule has 30 heavy (non-hydrogen) atoms. The number of urea groups is 1. The van der Waals surface area contributed by atoms with Crippen molar-refractivity contribution in [2.24, 2.45) is 5.73 Å². The van der Waals surface area contributed by atoms with Gasteiger partial charge in [-0.25, -0.2) is 13.2 Å². The number of anilines is 2. The van der Waals surface area contributed by atoms with E-state index in [9.17, 15) is 13.2 Å². The molecular weight excluding hydrogens is 426 g/mol. The zero-order valence-corrected chi connectivity index (χ0v) is 17.4. The predicted octanol–water partition coefficient (Wildman–Crippen LogP) is 3.32. The van der Waals surface area contributed by atoms with Crippen molar-refractivity contribution >= 4 is 39.0 Å². The highest BCUT2D eigenvalue weighted by Gasteiger charge is 2.17. The number of halogens is 1. The van der Waals surface area contributed by atoms with E-state index in [0.29, 0.717) is 28.5 Å². The van der Waals surface area contributed by atoms with Gasteiger partial charge in [0, 0.05) is 41.8 Å². The lowest BCUT2D eigenvalue weighted by molar-refractivity contribution is 0.251. The average molecular weight is 446 g/mol. The molecule has 1 aromatic heterocycles. The Morgan fingerprint density at radius 1 is 1.07 bits per heavy atom. The van der Waals surface area contributed by atoms with Crippen molar-refractivity contribution in [2.75, 3.05) is 10.0 Å². The van der Waals surface area contributed by atoms with Gasteiger partial charge < -0.3 is 16.4 Å². The second-order valence-electron chi connectivity index (χ2n) is 6.27. The number of carbonyl (C=O) groups excluding carboxylic acids is 1. The van der Waals surface area contributed by atoms with Gasteiger partial charge in [-0.15, -0.1) is 0 Å². The molecule has 8 nitrogen and oxygen atoms in total. The normalized spacial score (nSPS) is 11.0. The van der Waals surface area contributed by atoms with Crippen molar-refractivity contribution < 1.29 is 13.2 Å². The molecule has 0 unspecified atom stereocenters. The van der Waals surface area contributed by atoms with Crippen molar-refractivity contribution in [1.29, 1.82) is 0 Å². The second-order valence-corrected chi connectivity index (χ2v) is 8.36. The van der Waals surface area contributed by atoms with Gasteiger partial charge in [0.15, 0.2) is 0 Å². The Balaban J connectivity index is 1.64. The molecule has 2 aromatic carbocycles. The maximum atomic E-state index is 12.7. The summed E-state index contributed by atoms with van der Waals surface area (Å²) in [5.41, 5.74) is 7.80. The van der Waals surface area contributed by atoms with E-state index in [2.05, 4.69) is 20.3 Å².